The van der Waals surface area contributed by atoms with Gasteiger partial charge in [-0.25, -0.2) is 23.1 Å². The molecule has 5 aromatic rings. The van der Waals surface area contributed by atoms with Crippen molar-refractivity contribution in [3.05, 3.63) is 93.7 Å². The van der Waals surface area contributed by atoms with Gasteiger partial charge in [0.1, 0.15) is 29.1 Å². The Hall–Kier alpha value is -5.44. The van der Waals surface area contributed by atoms with E-state index in [1.807, 2.05) is 23.1 Å². The lowest BCUT2D eigenvalue weighted by atomic mass is 10.0. The average Bonchev–Trinajstić information content (AvgIpc) is 3.92. The molecule has 5 heterocycles. The van der Waals surface area contributed by atoms with Gasteiger partial charge in [-0.2, -0.15) is 5.10 Å². The lowest BCUT2D eigenvalue weighted by Crippen LogP contribution is -2.44. The number of amides is 3. The third-order valence-corrected chi connectivity index (χ3v) is 11.4. The number of halogens is 2. The van der Waals surface area contributed by atoms with Gasteiger partial charge in [0.25, 0.3) is 5.91 Å². The largest absolute Gasteiger partial charge is 0.352 e. The van der Waals surface area contributed by atoms with Crippen LogP contribution in [0.5, 0.6) is 0 Å². The summed E-state index contributed by atoms with van der Waals surface area (Å²) in [6.07, 6.45) is 13.5. The number of anilines is 1. The predicted octanol–water partition coefficient (Wildman–Crippen LogP) is 5.62. The first-order valence-electron chi connectivity index (χ1n) is 20.2. The van der Waals surface area contributed by atoms with Crippen LogP contribution in [0.4, 0.5) is 14.6 Å². The monoisotopic (exact) mass is 783 g/mol. The van der Waals surface area contributed by atoms with E-state index in [9.17, 15) is 28.0 Å². The highest BCUT2D eigenvalue weighted by Crippen LogP contribution is 2.37. The molecule has 0 radical (unpaired) electrons. The SMILES string of the molecule is CN(CCCCCCCCNC(=O)c1cnn2ccc(N3CCC[C@@H]3c3cc(F)ccc3F)nc12)CCCc1ccc2c(c1)n(C)c(=O)n2C1CCC(=O)NC1=O. The zero-order valence-corrected chi connectivity index (χ0v) is 32.7. The Bertz CT molecular complexity index is 2320. The molecular weight excluding hydrogens is 733 g/mol. The first kappa shape index (κ1) is 39.8. The van der Waals surface area contributed by atoms with E-state index in [1.54, 1.807) is 28.4 Å². The summed E-state index contributed by atoms with van der Waals surface area (Å²) in [6.45, 7) is 3.19. The van der Waals surface area contributed by atoms with E-state index in [-0.39, 0.29) is 30.0 Å². The molecule has 0 aliphatic carbocycles. The molecule has 2 saturated heterocycles. The van der Waals surface area contributed by atoms with Gasteiger partial charge in [-0.1, -0.05) is 31.7 Å². The summed E-state index contributed by atoms with van der Waals surface area (Å²) in [6, 6.07) is 10.3. The second kappa shape index (κ2) is 17.8. The molecule has 2 atom stereocenters. The predicted molar refractivity (Wildman–Crippen MR) is 213 cm³/mol. The number of unbranched alkanes of at least 4 members (excludes halogenated alkanes) is 5. The van der Waals surface area contributed by atoms with Crippen LogP contribution in [0.25, 0.3) is 16.7 Å². The quantitative estimate of drug-likeness (QED) is 0.0917. The minimum atomic E-state index is -0.683. The van der Waals surface area contributed by atoms with Gasteiger partial charge in [0.15, 0.2) is 5.65 Å². The van der Waals surface area contributed by atoms with Gasteiger partial charge >= 0.3 is 5.69 Å². The van der Waals surface area contributed by atoms with E-state index in [4.69, 9.17) is 4.98 Å². The Morgan fingerprint density at radius 3 is 2.54 bits per heavy atom. The number of carbonyl (C=O) groups is 3. The number of imidazole rings is 1. The lowest BCUT2D eigenvalue weighted by molar-refractivity contribution is -0.135. The topological polar surface area (TPSA) is 139 Å². The van der Waals surface area contributed by atoms with Gasteiger partial charge in [-0.05, 0) is 107 Å². The van der Waals surface area contributed by atoms with Crippen molar-refractivity contribution in [1.29, 1.82) is 0 Å². The van der Waals surface area contributed by atoms with Crippen molar-refractivity contribution < 1.29 is 23.2 Å². The van der Waals surface area contributed by atoms with Crippen molar-refractivity contribution in [3.63, 3.8) is 0 Å². The standard InChI is InChI=1S/C42H51F2N9O4/c1-49(22-9-11-28-13-16-34-36(25-28)50(2)42(57)53(34)35-17-18-38(54)48-41(35)56)21-8-6-4-3-5-7-20-45-40(55)31-27-46-52-24-19-37(47-39(31)52)51-23-10-12-33(51)30-26-29(43)14-15-32(30)44/h13-16,19,24-27,33,35H,3-12,17-18,20-23H2,1-2H3,(H,45,55)(H,48,54,56)/t33-,35?/m1/s1. The van der Waals surface area contributed by atoms with Crippen molar-refractivity contribution >= 4 is 40.2 Å². The van der Waals surface area contributed by atoms with E-state index in [0.29, 0.717) is 54.0 Å². The molecule has 1 unspecified atom stereocenters. The summed E-state index contributed by atoms with van der Waals surface area (Å²) in [7, 11) is 3.86. The Kier molecular flexibility index (Phi) is 12.4. The molecule has 2 aliphatic rings. The van der Waals surface area contributed by atoms with Crippen LogP contribution in [0.15, 0.2) is 59.7 Å². The van der Waals surface area contributed by atoms with E-state index in [1.165, 1.54) is 16.8 Å². The maximum Gasteiger partial charge on any atom is 0.329 e. The second-order valence-corrected chi connectivity index (χ2v) is 15.4. The molecule has 13 nitrogen and oxygen atoms in total. The fourth-order valence-electron chi connectivity index (χ4n) is 8.28. The average molecular weight is 784 g/mol. The van der Waals surface area contributed by atoms with Crippen LogP contribution in [0.3, 0.4) is 0 Å². The maximum absolute atomic E-state index is 14.6. The summed E-state index contributed by atoms with van der Waals surface area (Å²) in [5.41, 5.74) is 3.49. The number of imide groups is 1. The molecule has 0 bridgehead atoms. The molecule has 2 fully saturated rings. The van der Waals surface area contributed by atoms with Crippen LogP contribution >= 0.6 is 0 Å². The van der Waals surface area contributed by atoms with E-state index in [0.717, 1.165) is 94.1 Å². The first-order valence-corrected chi connectivity index (χ1v) is 20.2. The fourth-order valence-corrected chi connectivity index (χ4v) is 8.28. The number of nitrogens with zero attached hydrogens (tertiary/aromatic N) is 7. The Balaban J connectivity index is 0.786. The van der Waals surface area contributed by atoms with Crippen molar-refractivity contribution in [2.45, 2.75) is 89.1 Å². The van der Waals surface area contributed by atoms with Crippen molar-refractivity contribution in [1.82, 2.24) is 39.3 Å². The number of rotatable bonds is 17. The minimum Gasteiger partial charge on any atom is -0.352 e. The summed E-state index contributed by atoms with van der Waals surface area (Å²) < 4.78 is 33.3. The molecule has 2 N–H and O–H groups in total. The summed E-state index contributed by atoms with van der Waals surface area (Å²) in [5, 5.41) is 9.67. The summed E-state index contributed by atoms with van der Waals surface area (Å²) >= 11 is 0. The van der Waals surface area contributed by atoms with E-state index < -0.39 is 23.6 Å². The van der Waals surface area contributed by atoms with E-state index in [2.05, 4.69) is 27.7 Å². The highest BCUT2D eigenvalue weighted by atomic mass is 19.1. The second-order valence-electron chi connectivity index (χ2n) is 15.4. The van der Waals surface area contributed by atoms with Crippen molar-refractivity contribution in [2.24, 2.45) is 7.05 Å². The van der Waals surface area contributed by atoms with Crippen LogP contribution in [0.2, 0.25) is 0 Å². The molecule has 302 valence electrons. The number of aromatic nitrogens is 5. The van der Waals surface area contributed by atoms with Gasteiger partial charge in [-0.3, -0.25) is 28.8 Å². The Morgan fingerprint density at radius 1 is 0.930 bits per heavy atom. The zero-order valence-electron chi connectivity index (χ0n) is 32.7. The van der Waals surface area contributed by atoms with Crippen LogP contribution in [0, 0.1) is 11.6 Å². The molecule has 3 amide bonds. The highest BCUT2D eigenvalue weighted by Gasteiger charge is 2.32. The number of aryl methyl sites for hydroxylation is 2. The number of carbonyl (C=O) groups excluding carboxylic acids is 3. The minimum absolute atomic E-state index is 0.217. The summed E-state index contributed by atoms with van der Waals surface area (Å²) in [5.74, 6) is -1.29. The van der Waals surface area contributed by atoms with Crippen molar-refractivity contribution in [2.75, 3.05) is 38.1 Å². The summed E-state index contributed by atoms with van der Waals surface area (Å²) in [4.78, 5) is 59.3. The smallest absolute Gasteiger partial charge is 0.329 e. The number of nitrogens with one attached hydrogen (secondary N) is 2. The first-order chi connectivity index (χ1) is 27.6. The molecule has 15 heteroatoms. The van der Waals surface area contributed by atoms with Gasteiger partial charge < -0.3 is 15.1 Å². The zero-order chi connectivity index (χ0) is 40.1. The number of fused-ring (bicyclic) bond motifs is 2. The molecular formula is C42H51F2N9O4. The van der Waals surface area contributed by atoms with Crippen molar-refractivity contribution in [3.8, 4) is 0 Å². The van der Waals surface area contributed by atoms with Crippen LogP contribution in [-0.2, 0) is 23.1 Å². The molecule has 57 heavy (non-hydrogen) atoms. The van der Waals surface area contributed by atoms with Gasteiger partial charge in [-0.15, -0.1) is 0 Å². The van der Waals surface area contributed by atoms with Gasteiger partial charge in [0.05, 0.1) is 23.3 Å². The number of hydrogen-bond donors (Lipinski definition) is 2. The third-order valence-electron chi connectivity index (χ3n) is 11.4. The van der Waals surface area contributed by atoms with Crippen LogP contribution in [0.1, 0.15) is 104 Å². The highest BCUT2D eigenvalue weighted by molar-refractivity contribution is 6.00. The van der Waals surface area contributed by atoms with Crippen LogP contribution in [-0.4, -0.2) is 79.6 Å². The molecule has 0 spiro atoms. The normalized spacial score (nSPS) is 17.3. The number of piperidine rings is 1. The Labute approximate surface area is 330 Å². The number of hydrogen-bond acceptors (Lipinski definition) is 8. The van der Waals surface area contributed by atoms with Gasteiger partial charge in [0.2, 0.25) is 11.8 Å². The van der Waals surface area contributed by atoms with Crippen LogP contribution < -0.4 is 21.2 Å². The molecule has 2 aliphatic heterocycles. The third kappa shape index (κ3) is 8.93. The van der Waals surface area contributed by atoms with E-state index >= 15 is 0 Å². The fraction of sp³-hybridized carbons (Fsp3) is 0.476. The molecule has 7 rings (SSSR count). The number of benzene rings is 2. The molecule has 3 aromatic heterocycles. The van der Waals surface area contributed by atoms with Gasteiger partial charge in [0, 0.05) is 38.3 Å². The lowest BCUT2D eigenvalue weighted by Gasteiger charge is -2.26. The Morgan fingerprint density at radius 2 is 1.72 bits per heavy atom. The maximum atomic E-state index is 14.6. The molecule has 2 aromatic carbocycles. The molecule has 0 saturated carbocycles.